The number of para-hydroxylation sites is 1. The molecular weight excluding hydrogens is 400 g/mol. The Bertz CT molecular complexity index is 846. The number of urea groups is 1. The normalized spacial score (nSPS) is 25.5. The molecule has 1 aromatic carbocycles. The predicted molar refractivity (Wildman–Crippen MR) is 129 cm³/mol. The Morgan fingerprint density at radius 1 is 1.06 bits per heavy atom. The van der Waals surface area contributed by atoms with E-state index in [1.165, 1.54) is 0 Å². The highest BCUT2D eigenvalue weighted by Gasteiger charge is 2.64. The van der Waals surface area contributed by atoms with E-state index in [2.05, 4.69) is 48.9 Å². The van der Waals surface area contributed by atoms with Crippen molar-refractivity contribution in [2.24, 2.45) is 16.7 Å². The number of fused-ring (bicyclic) bond motifs is 1. The highest BCUT2D eigenvalue weighted by molar-refractivity contribution is 5.90. The van der Waals surface area contributed by atoms with Gasteiger partial charge in [0.2, 0.25) is 5.91 Å². The van der Waals surface area contributed by atoms with Gasteiger partial charge in [-0.2, -0.15) is 0 Å². The van der Waals surface area contributed by atoms with Crippen LogP contribution in [0, 0.1) is 16.7 Å². The van der Waals surface area contributed by atoms with E-state index in [-0.39, 0.29) is 16.9 Å². The van der Waals surface area contributed by atoms with Crippen LogP contribution in [0.1, 0.15) is 52.5 Å². The Morgan fingerprint density at radius 2 is 1.78 bits per heavy atom. The summed E-state index contributed by atoms with van der Waals surface area (Å²) in [6, 6.07) is 8.02. The summed E-state index contributed by atoms with van der Waals surface area (Å²) in [5.74, 6) is 0.950. The van der Waals surface area contributed by atoms with Crippen molar-refractivity contribution >= 4 is 17.6 Å². The quantitative estimate of drug-likeness (QED) is 0.751. The molecule has 3 amide bonds. The van der Waals surface area contributed by atoms with Gasteiger partial charge < -0.3 is 20.0 Å². The third-order valence-corrected chi connectivity index (χ3v) is 8.19. The van der Waals surface area contributed by atoms with Crippen LogP contribution in [-0.2, 0) is 11.2 Å². The number of piperidine rings is 1. The van der Waals surface area contributed by atoms with Gasteiger partial charge in [0.15, 0.2) is 0 Å². The molecule has 3 heterocycles. The van der Waals surface area contributed by atoms with Gasteiger partial charge in [0, 0.05) is 56.9 Å². The highest BCUT2D eigenvalue weighted by atomic mass is 16.2. The summed E-state index contributed by atoms with van der Waals surface area (Å²) in [6.45, 7) is 14.7. The zero-order valence-corrected chi connectivity index (χ0v) is 20.3. The lowest BCUT2D eigenvalue weighted by molar-refractivity contribution is -0.141. The lowest BCUT2D eigenvalue weighted by Gasteiger charge is -2.47. The maximum Gasteiger partial charge on any atom is 0.321 e. The number of hydrogen-bond acceptors (Lipinski definition) is 3. The zero-order valence-electron chi connectivity index (χ0n) is 20.3. The summed E-state index contributed by atoms with van der Waals surface area (Å²) in [6.07, 6.45) is 3.68. The van der Waals surface area contributed by atoms with Crippen LogP contribution in [0.4, 0.5) is 10.5 Å². The molecular formula is C26H40N4O2. The second kappa shape index (κ2) is 9.05. The lowest BCUT2D eigenvalue weighted by Crippen LogP contribution is -2.54. The van der Waals surface area contributed by atoms with Gasteiger partial charge in [0.1, 0.15) is 0 Å². The number of benzene rings is 1. The van der Waals surface area contributed by atoms with Crippen LogP contribution >= 0.6 is 0 Å². The van der Waals surface area contributed by atoms with Gasteiger partial charge in [-0.25, -0.2) is 4.79 Å². The molecule has 2 spiro atoms. The van der Waals surface area contributed by atoms with E-state index < -0.39 is 0 Å². The standard InChI is InChI=1S/C26H40N4O2/c1-5-21-9-7-8-10-22(21)27-24(32)30-14-11-25(12-15-30)18-28(17-20(3)4)19-26(25)13-16-29(6-2)23(26)31/h7-10,20H,5-6,11-19H2,1-4H3,(H,27,32)/t26-/m0/s1. The van der Waals surface area contributed by atoms with Crippen molar-refractivity contribution in [2.45, 2.75) is 53.4 Å². The molecule has 6 heteroatoms. The molecule has 0 unspecified atom stereocenters. The number of carbonyl (C=O) groups excluding carboxylic acids is 2. The highest BCUT2D eigenvalue weighted by Crippen LogP contribution is 2.57. The van der Waals surface area contributed by atoms with E-state index in [0.29, 0.717) is 11.8 Å². The first-order chi connectivity index (χ1) is 15.3. The number of rotatable bonds is 5. The fourth-order valence-corrected chi connectivity index (χ4v) is 6.53. The smallest absolute Gasteiger partial charge is 0.321 e. The van der Waals surface area contributed by atoms with E-state index in [1.54, 1.807) is 0 Å². The number of hydrogen-bond donors (Lipinski definition) is 1. The average Bonchev–Trinajstić information content (AvgIpc) is 3.25. The van der Waals surface area contributed by atoms with E-state index >= 15 is 0 Å². The third kappa shape index (κ3) is 3.91. The number of aryl methyl sites for hydroxylation is 1. The minimum absolute atomic E-state index is 0.0129. The molecule has 3 aliphatic rings. The largest absolute Gasteiger partial charge is 0.342 e. The SMILES string of the molecule is CCc1ccccc1NC(=O)N1CCC2(CC1)CN(CC(C)C)C[C@]21CCN(CC)C1=O. The summed E-state index contributed by atoms with van der Waals surface area (Å²) < 4.78 is 0. The molecule has 32 heavy (non-hydrogen) atoms. The Morgan fingerprint density at radius 3 is 2.41 bits per heavy atom. The van der Waals surface area contributed by atoms with Gasteiger partial charge in [-0.1, -0.05) is 39.0 Å². The van der Waals surface area contributed by atoms with E-state index in [1.807, 2.05) is 23.1 Å². The van der Waals surface area contributed by atoms with Crippen LogP contribution < -0.4 is 5.32 Å². The Balaban J connectivity index is 1.49. The molecule has 3 fully saturated rings. The van der Waals surface area contributed by atoms with Gasteiger partial charge in [0.05, 0.1) is 5.41 Å². The van der Waals surface area contributed by atoms with Crippen molar-refractivity contribution in [1.29, 1.82) is 0 Å². The number of nitrogens with zero attached hydrogens (tertiary/aromatic N) is 3. The first-order valence-electron chi connectivity index (χ1n) is 12.5. The summed E-state index contributed by atoms with van der Waals surface area (Å²) >= 11 is 0. The second-order valence-electron chi connectivity index (χ2n) is 10.5. The van der Waals surface area contributed by atoms with Gasteiger partial charge in [-0.3, -0.25) is 4.79 Å². The van der Waals surface area contributed by atoms with Crippen LogP contribution in [0.5, 0.6) is 0 Å². The number of carbonyl (C=O) groups is 2. The fraction of sp³-hybridized carbons (Fsp3) is 0.692. The van der Waals surface area contributed by atoms with Gasteiger partial charge >= 0.3 is 6.03 Å². The lowest BCUT2D eigenvalue weighted by atomic mass is 9.60. The molecule has 3 saturated heterocycles. The number of nitrogens with one attached hydrogen (secondary N) is 1. The maximum absolute atomic E-state index is 13.6. The molecule has 1 N–H and O–H groups in total. The van der Waals surface area contributed by atoms with E-state index in [4.69, 9.17) is 0 Å². The molecule has 176 valence electrons. The molecule has 3 aliphatic heterocycles. The molecule has 0 saturated carbocycles. The minimum atomic E-state index is -0.269. The molecule has 0 aromatic heterocycles. The van der Waals surface area contributed by atoms with Gasteiger partial charge in [0.25, 0.3) is 0 Å². The summed E-state index contributed by atoms with van der Waals surface area (Å²) in [5.41, 5.74) is 1.78. The first kappa shape index (κ1) is 23.1. The molecule has 1 atom stereocenters. The van der Waals surface area contributed by atoms with Gasteiger partial charge in [-0.05, 0) is 50.2 Å². The second-order valence-corrected chi connectivity index (χ2v) is 10.5. The number of anilines is 1. The van der Waals surface area contributed by atoms with Crippen molar-refractivity contribution in [3.05, 3.63) is 29.8 Å². The van der Waals surface area contributed by atoms with Crippen LogP contribution in [0.15, 0.2) is 24.3 Å². The summed E-state index contributed by atoms with van der Waals surface area (Å²) in [5, 5.41) is 3.13. The molecule has 1 aromatic rings. The van der Waals surface area contributed by atoms with Crippen molar-refractivity contribution in [2.75, 3.05) is 51.1 Å². The molecule has 0 radical (unpaired) electrons. The van der Waals surface area contributed by atoms with Crippen LogP contribution in [-0.4, -0.2) is 72.5 Å². The molecule has 4 rings (SSSR count). The summed E-state index contributed by atoms with van der Waals surface area (Å²) in [4.78, 5) is 33.2. The van der Waals surface area contributed by atoms with Crippen LogP contribution in [0.3, 0.4) is 0 Å². The average molecular weight is 441 g/mol. The topological polar surface area (TPSA) is 55.9 Å². The number of likely N-dealkylation sites (tertiary alicyclic amines) is 3. The zero-order chi connectivity index (χ0) is 22.9. The maximum atomic E-state index is 13.6. The van der Waals surface area contributed by atoms with Crippen molar-refractivity contribution in [3.8, 4) is 0 Å². The molecule has 0 aliphatic carbocycles. The predicted octanol–water partition coefficient (Wildman–Crippen LogP) is 4.07. The first-order valence-corrected chi connectivity index (χ1v) is 12.5. The number of amides is 3. The van der Waals surface area contributed by atoms with Crippen LogP contribution in [0.2, 0.25) is 0 Å². The summed E-state index contributed by atoms with van der Waals surface area (Å²) in [7, 11) is 0. The van der Waals surface area contributed by atoms with Gasteiger partial charge in [-0.15, -0.1) is 0 Å². The van der Waals surface area contributed by atoms with E-state index in [0.717, 1.165) is 82.7 Å². The fourth-order valence-electron chi connectivity index (χ4n) is 6.53. The Labute approximate surface area is 193 Å². The van der Waals surface area contributed by atoms with Crippen molar-refractivity contribution in [1.82, 2.24) is 14.7 Å². The monoisotopic (exact) mass is 440 g/mol. The Hall–Kier alpha value is -2.08. The van der Waals surface area contributed by atoms with Crippen LogP contribution in [0.25, 0.3) is 0 Å². The molecule has 0 bridgehead atoms. The van der Waals surface area contributed by atoms with E-state index in [9.17, 15) is 9.59 Å². The Kier molecular flexibility index (Phi) is 6.53. The minimum Gasteiger partial charge on any atom is -0.342 e. The van der Waals surface area contributed by atoms with Crippen molar-refractivity contribution in [3.63, 3.8) is 0 Å². The van der Waals surface area contributed by atoms with Crippen molar-refractivity contribution < 1.29 is 9.59 Å². The third-order valence-electron chi connectivity index (χ3n) is 8.19. The molecule has 6 nitrogen and oxygen atoms in total.